The SMILES string of the molecule is CC(C)(CC(=O)c1ccco1)[N+](=O)[O-]. The van der Waals surface area contributed by atoms with Gasteiger partial charge in [-0.25, -0.2) is 0 Å². The highest BCUT2D eigenvalue weighted by atomic mass is 16.6. The molecule has 14 heavy (non-hydrogen) atoms. The van der Waals surface area contributed by atoms with Gasteiger partial charge in [-0.15, -0.1) is 0 Å². The van der Waals surface area contributed by atoms with Crippen LogP contribution in [0.2, 0.25) is 0 Å². The van der Waals surface area contributed by atoms with Crippen LogP contribution in [0.5, 0.6) is 0 Å². The monoisotopic (exact) mass is 197 g/mol. The predicted molar refractivity (Wildman–Crippen MR) is 48.7 cm³/mol. The number of nitro groups is 1. The number of Topliss-reactive ketones (excluding diaryl/α,β-unsaturated/α-hetero) is 1. The molecule has 0 aliphatic carbocycles. The van der Waals surface area contributed by atoms with E-state index >= 15 is 0 Å². The minimum Gasteiger partial charge on any atom is -0.461 e. The average Bonchev–Trinajstić information content (AvgIpc) is 2.54. The molecule has 0 unspecified atom stereocenters. The number of carbonyl (C=O) groups is 1. The summed E-state index contributed by atoms with van der Waals surface area (Å²) in [6, 6.07) is 3.07. The van der Waals surface area contributed by atoms with E-state index in [1.54, 1.807) is 6.07 Å². The highest BCUT2D eigenvalue weighted by Gasteiger charge is 2.34. The molecule has 0 saturated heterocycles. The molecule has 0 amide bonds. The van der Waals surface area contributed by atoms with Crippen LogP contribution < -0.4 is 0 Å². The summed E-state index contributed by atoms with van der Waals surface area (Å²) in [4.78, 5) is 21.5. The van der Waals surface area contributed by atoms with Gasteiger partial charge < -0.3 is 4.42 Å². The molecule has 0 fully saturated rings. The molecule has 0 aliphatic rings. The van der Waals surface area contributed by atoms with E-state index < -0.39 is 10.5 Å². The molecule has 76 valence electrons. The first-order valence-electron chi connectivity index (χ1n) is 4.15. The molecule has 0 bridgehead atoms. The Bertz CT molecular complexity index is 340. The van der Waals surface area contributed by atoms with Crippen molar-refractivity contribution in [2.45, 2.75) is 25.8 Å². The lowest BCUT2D eigenvalue weighted by molar-refractivity contribution is -0.558. The minimum absolute atomic E-state index is 0.159. The van der Waals surface area contributed by atoms with Gasteiger partial charge in [-0.1, -0.05) is 0 Å². The summed E-state index contributed by atoms with van der Waals surface area (Å²) in [5, 5.41) is 10.5. The molecule has 1 aromatic rings. The summed E-state index contributed by atoms with van der Waals surface area (Å²) in [5.41, 5.74) is -1.25. The van der Waals surface area contributed by atoms with Crippen molar-refractivity contribution >= 4 is 5.78 Å². The van der Waals surface area contributed by atoms with Crippen molar-refractivity contribution in [3.63, 3.8) is 0 Å². The highest BCUT2D eigenvalue weighted by molar-refractivity contribution is 5.93. The van der Waals surface area contributed by atoms with Crippen molar-refractivity contribution < 1.29 is 14.1 Å². The Hall–Kier alpha value is -1.65. The minimum atomic E-state index is -1.25. The van der Waals surface area contributed by atoms with E-state index in [1.165, 1.54) is 26.2 Å². The summed E-state index contributed by atoms with van der Waals surface area (Å²) < 4.78 is 4.85. The third kappa shape index (κ3) is 2.18. The van der Waals surface area contributed by atoms with Gasteiger partial charge in [-0.3, -0.25) is 14.9 Å². The van der Waals surface area contributed by atoms with Crippen molar-refractivity contribution in [2.24, 2.45) is 0 Å². The van der Waals surface area contributed by atoms with Gasteiger partial charge in [0.15, 0.2) is 5.76 Å². The van der Waals surface area contributed by atoms with E-state index in [0.29, 0.717) is 0 Å². The third-order valence-corrected chi connectivity index (χ3v) is 1.88. The molecular formula is C9H11NO4. The molecule has 0 aromatic carbocycles. The van der Waals surface area contributed by atoms with Crippen molar-refractivity contribution in [3.05, 3.63) is 34.3 Å². The number of hydrogen-bond acceptors (Lipinski definition) is 4. The Morgan fingerprint density at radius 2 is 2.29 bits per heavy atom. The molecule has 5 nitrogen and oxygen atoms in total. The lowest BCUT2D eigenvalue weighted by atomic mass is 9.98. The molecule has 1 rings (SSSR count). The normalized spacial score (nSPS) is 11.3. The Morgan fingerprint density at radius 1 is 1.64 bits per heavy atom. The molecule has 0 radical (unpaired) electrons. The molecule has 0 saturated carbocycles. The van der Waals surface area contributed by atoms with Gasteiger partial charge in [0, 0.05) is 18.8 Å². The van der Waals surface area contributed by atoms with E-state index in [-0.39, 0.29) is 18.0 Å². The topological polar surface area (TPSA) is 73.3 Å². The molecular weight excluding hydrogens is 186 g/mol. The van der Waals surface area contributed by atoms with E-state index in [2.05, 4.69) is 0 Å². The first-order chi connectivity index (χ1) is 6.43. The van der Waals surface area contributed by atoms with Crippen LogP contribution in [0.1, 0.15) is 30.8 Å². The zero-order valence-corrected chi connectivity index (χ0v) is 8.02. The second kappa shape index (κ2) is 3.61. The summed E-state index contributed by atoms with van der Waals surface area (Å²) >= 11 is 0. The van der Waals surface area contributed by atoms with Crippen LogP contribution >= 0.6 is 0 Å². The molecule has 0 atom stereocenters. The Labute approximate surface area is 80.9 Å². The average molecular weight is 197 g/mol. The molecule has 0 aliphatic heterocycles. The van der Waals surface area contributed by atoms with Crippen LogP contribution in [0.25, 0.3) is 0 Å². The fraction of sp³-hybridized carbons (Fsp3) is 0.444. The second-order valence-electron chi connectivity index (χ2n) is 3.65. The van der Waals surface area contributed by atoms with Gasteiger partial charge in [0.2, 0.25) is 11.3 Å². The maximum atomic E-state index is 11.4. The van der Waals surface area contributed by atoms with E-state index in [9.17, 15) is 14.9 Å². The summed E-state index contributed by atoms with van der Waals surface area (Å²) in [5.74, 6) is -0.184. The molecule has 1 heterocycles. The van der Waals surface area contributed by atoms with Gasteiger partial charge in [-0.2, -0.15) is 0 Å². The smallest absolute Gasteiger partial charge is 0.224 e. The number of nitrogens with zero attached hydrogens (tertiary/aromatic N) is 1. The quantitative estimate of drug-likeness (QED) is 0.419. The number of carbonyl (C=O) groups excluding carboxylic acids is 1. The second-order valence-corrected chi connectivity index (χ2v) is 3.65. The third-order valence-electron chi connectivity index (χ3n) is 1.88. The van der Waals surface area contributed by atoms with Gasteiger partial charge >= 0.3 is 0 Å². The predicted octanol–water partition coefficient (Wildman–Crippen LogP) is 1.91. The maximum absolute atomic E-state index is 11.4. The Morgan fingerprint density at radius 3 is 2.71 bits per heavy atom. The molecule has 5 heteroatoms. The summed E-state index contributed by atoms with van der Waals surface area (Å²) in [7, 11) is 0. The number of furan rings is 1. The van der Waals surface area contributed by atoms with Crippen LogP contribution in [0.4, 0.5) is 0 Å². The standard InChI is InChI=1S/C9H11NO4/c1-9(2,10(12)13)6-7(11)8-4-3-5-14-8/h3-5H,6H2,1-2H3. The number of rotatable bonds is 4. The van der Waals surface area contributed by atoms with Crippen molar-refractivity contribution in [2.75, 3.05) is 0 Å². The Kier molecular flexibility index (Phi) is 2.69. The zero-order valence-electron chi connectivity index (χ0n) is 8.02. The lowest BCUT2D eigenvalue weighted by Gasteiger charge is -2.13. The Balaban J connectivity index is 2.71. The van der Waals surface area contributed by atoms with E-state index in [1.807, 2.05) is 0 Å². The van der Waals surface area contributed by atoms with Gasteiger partial charge in [-0.05, 0) is 12.1 Å². The number of ketones is 1. The van der Waals surface area contributed by atoms with Gasteiger partial charge in [0.25, 0.3) is 0 Å². The highest BCUT2D eigenvalue weighted by Crippen LogP contribution is 2.17. The van der Waals surface area contributed by atoms with Crippen molar-refractivity contribution in [3.8, 4) is 0 Å². The van der Waals surface area contributed by atoms with Crippen LogP contribution in [0, 0.1) is 10.1 Å². The van der Waals surface area contributed by atoms with Crippen molar-refractivity contribution in [1.82, 2.24) is 0 Å². The first kappa shape index (κ1) is 10.4. The fourth-order valence-corrected chi connectivity index (χ4v) is 0.982. The largest absolute Gasteiger partial charge is 0.461 e. The molecule has 1 aromatic heterocycles. The number of hydrogen-bond donors (Lipinski definition) is 0. The van der Waals surface area contributed by atoms with Crippen molar-refractivity contribution in [1.29, 1.82) is 0 Å². The summed E-state index contributed by atoms with van der Waals surface area (Å²) in [6.07, 6.45) is 1.21. The summed E-state index contributed by atoms with van der Waals surface area (Å²) in [6.45, 7) is 2.82. The molecule has 0 N–H and O–H groups in total. The van der Waals surface area contributed by atoms with E-state index in [0.717, 1.165) is 0 Å². The van der Waals surface area contributed by atoms with Crippen LogP contribution in [-0.4, -0.2) is 16.2 Å². The van der Waals surface area contributed by atoms with Gasteiger partial charge in [0.05, 0.1) is 12.7 Å². The molecule has 0 spiro atoms. The first-order valence-corrected chi connectivity index (χ1v) is 4.15. The van der Waals surface area contributed by atoms with E-state index in [4.69, 9.17) is 4.42 Å². The maximum Gasteiger partial charge on any atom is 0.224 e. The van der Waals surface area contributed by atoms with Gasteiger partial charge in [0.1, 0.15) is 0 Å². The zero-order chi connectivity index (χ0) is 10.8. The fourth-order valence-electron chi connectivity index (χ4n) is 0.982. The van der Waals surface area contributed by atoms with Crippen LogP contribution in [-0.2, 0) is 0 Å². The van der Waals surface area contributed by atoms with Crippen LogP contribution in [0.15, 0.2) is 22.8 Å². The van der Waals surface area contributed by atoms with Crippen LogP contribution in [0.3, 0.4) is 0 Å². The lowest BCUT2D eigenvalue weighted by Crippen LogP contribution is -2.33.